The van der Waals surface area contributed by atoms with Gasteiger partial charge in [-0.2, -0.15) is 0 Å². The number of aryl methyl sites for hydroxylation is 1. The molecule has 0 aromatic heterocycles. The molecule has 1 fully saturated rings. The molecule has 2 rings (SSSR count). The Bertz CT molecular complexity index is 378. The van der Waals surface area contributed by atoms with Crippen LogP contribution in [0.25, 0.3) is 0 Å². The Morgan fingerprint density at radius 3 is 2.94 bits per heavy atom. The standard InChI is InChI=1S/C13H19FN2O/c1-9-5-6-11(14)10(8-9)13(16-15)12-4-2-3-7-17-12/h5-6,8,12-13,16H,2-4,7,15H2,1H3. The van der Waals surface area contributed by atoms with E-state index >= 15 is 0 Å². The molecular formula is C13H19FN2O. The van der Waals surface area contributed by atoms with Crippen molar-refractivity contribution in [2.45, 2.75) is 38.3 Å². The Kier molecular flexibility index (Phi) is 4.10. The van der Waals surface area contributed by atoms with Crippen LogP contribution >= 0.6 is 0 Å². The van der Waals surface area contributed by atoms with E-state index in [2.05, 4.69) is 5.43 Å². The predicted octanol–water partition coefficient (Wildman–Crippen LogP) is 2.21. The predicted molar refractivity (Wildman–Crippen MR) is 64.8 cm³/mol. The molecule has 0 aliphatic carbocycles. The Morgan fingerprint density at radius 2 is 2.29 bits per heavy atom. The number of hydrogen-bond acceptors (Lipinski definition) is 3. The Morgan fingerprint density at radius 1 is 1.47 bits per heavy atom. The third-order valence-electron chi connectivity index (χ3n) is 3.25. The van der Waals surface area contributed by atoms with Gasteiger partial charge in [0.1, 0.15) is 5.82 Å². The summed E-state index contributed by atoms with van der Waals surface area (Å²) in [6.07, 6.45) is 3.06. The van der Waals surface area contributed by atoms with Gasteiger partial charge in [-0.3, -0.25) is 11.3 Å². The highest BCUT2D eigenvalue weighted by Crippen LogP contribution is 2.28. The summed E-state index contributed by atoms with van der Waals surface area (Å²) in [6.45, 7) is 2.68. The molecule has 2 unspecified atom stereocenters. The highest BCUT2D eigenvalue weighted by Gasteiger charge is 2.27. The van der Waals surface area contributed by atoms with Crippen molar-refractivity contribution in [3.8, 4) is 0 Å². The summed E-state index contributed by atoms with van der Waals surface area (Å²) in [6, 6.07) is 4.80. The molecule has 0 spiro atoms. The summed E-state index contributed by atoms with van der Waals surface area (Å²) in [7, 11) is 0. The Labute approximate surface area is 101 Å². The summed E-state index contributed by atoms with van der Waals surface area (Å²) < 4.78 is 19.5. The van der Waals surface area contributed by atoms with E-state index < -0.39 is 0 Å². The molecule has 1 aromatic rings. The normalized spacial score (nSPS) is 22.4. The minimum absolute atomic E-state index is 0.0370. The van der Waals surface area contributed by atoms with Crippen LogP contribution in [0.3, 0.4) is 0 Å². The van der Waals surface area contributed by atoms with Gasteiger partial charge >= 0.3 is 0 Å². The molecule has 4 heteroatoms. The van der Waals surface area contributed by atoms with E-state index in [1.807, 2.05) is 13.0 Å². The molecule has 0 bridgehead atoms. The molecule has 94 valence electrons. The summed E-state index contributed by atoms with van der Waals surface area (Å²) in [4.78, 5) is 0. The molecule has 1 aliphatic rings. The molecule has 1 aliphatic heterocycles. The minimum Gasteiger partial charge on any atom is -0.376 e. The van der Waals surface area contributed by atoms with E-state index in [9.17, 15) is 4.39 Å². The highest BCUT2D eigenvalue weighted by atomic mass is 19.1. The average Bonchev–Trinajstić information content (AvgIpc) is 2.36. The first kappa shape index (κ1) is 12.5. The molecule has 1 aromatic carbocycles. The second-order valence-electron chi connectivity index (χ2n) is 4.57. The maximum Gasteiger partial charge on any atom is 0.128 e. The van der Waals surface area contributed by atoms with E-state index in [1.54, 1.807) is 6.07 Å². The first-order valence-electron chi connectivity index (χ1n) is 6.06. The van der Waals surface area contributed by atoms with Crippen LogP contribution in [0.15, 0.2) is 18.2 Å². The molecule has 17 heavy (non-hydrogen) atoms. The van der Waals surface area contributed by atoms with Gasteiger partial charge in [-0.25, -0.2) is 4.39 Å². The molecule has 3 N–H and O–H groups in total. The third-order valence-corrected chi connectivity index (χ3v) is 3.25. The number of halogens is 1. The van der Waals surface area contributed by atoms with Gasteiger partial charge in [-0.05, 0) is 32.3 Å². The van der Waals surface area contributed by atoms with Crippen LogP contribution in [-0.4, -0.2) is 12.7 Å². The fourth-order valence-electron chi connectivity index (χ4n) is 2.33. The van der Waals surface area contributed by atoms with Gasteiger partial charge in [0.2, 0.25) is 0 Å². The van der Waals surface area contributed by atoms with E-state index in [4.69, 9.17) is 10.6 Å². The second-order valence-corrected chi connectivity index (χ2v) is 4.57. The smallest absolute Gasteiger partial charge is 0.128 e. The van der Waals surface area contributed by atoms with Crippen LogP contribution in [-0.2, 0) is 4.74 Å². The summed E-state index contributed by atoms with van der Waals surface area (Å²) >= 11 is 0. The number of nitrogens with two attached hydrogens (primary N) is 1. The zero-order chi connectivity index (χ0) is 12.3. The number of nitrogens with one attached hydrogen (secondary N) is 1. The minimum atomic E-state index is -0.268. The molecule has 0 saturated carbocycles. The Hall–Kier alpha value is -0.970. The lowest BCUT2D eigenvalue weighted by Gasteiger charge is -2.30. The van der Waals surface area contributed by atoms with E-state index in [0.717, 1.165) is 31.4 Å². The monoisotopic (exact) mass is 238 g/mol. The number of ether oxygens (including phenoxy) is 1. The van der Waals surface area contributed by atoms with Crippen LogP contribution in [0.2, 0.25) is 0 Å². The summed E-state index contributed by atoms with van der Waals surface area (Å²) in [5, 5.41) is 0. The largest absolute Gasteiger partial charge is 0.376 e. The fraction of sp³-hybridized carbons (Fsp3) is 0.538. The van der Waals surface area contributed by atoms with Gasteiger partial charge in [0.05, 0.1) is 12.1 Å². The molecular weight excluding hydrogens is 219 g/mol. The van der Waals surface area contributed by atoms with Crippen LogP contribution in [0.1, 0.15) is 36.4 Å². The van der Waals surface area contributed by atoms with Gasteiger partial charge in [0, 0.05) is 12.2 Å². The van der Waals surface area contributed by atoms with Crippen molar-refractivity contribution < 1.29 is 9.13 Å². The molecule has 0 radical (unpaired) electrons. The van der Waals surface area contributed by atoms with E-state index in [0.29, 0.717) is 5.56 Å². The zero-order valence-electron chi connectivity index (χ0n) is 10.1. The summed E-state index contributed by atoms with van der Waals surface area (Å²) in [5.74, 6) is 5.33. The van der Waals surface area contributed by atoms with Crippen LogP contribution in [0.4, 0.5) is 4.39 Å². The van der Waals surface area contributed by atoms with Crippen molar-refractivity contribution in [1.29, 1.82) is 0 Å². The molecule has 1 heterocycles. The van der Waals surface area contributed by atoms with Crippen molar-refractivity contribution in [1.82, 2.24) is 5.43 Å². The lowest BCUT2D eigenvalue weighted by atomic mass is 9.95. The number of hydrogen-bond donors (Lipinski definition) is 2. The van der Waals surface area contributed by atoms with Gasteiger partial charge in [-0.15, -0.1) is 0 Å². The number of rotatable bonds is 3. The SMILES string of the molecule is Cc1ccc(F)c(C(NN)C2CCCCO2)c1. The van der Waals surface area contributed by atoms with E-state index in [1.165, 1.54) is 6.07 Å². The Balaban J connectivity index is 2.24. The molecule has 1 saturated heterocycles. The molecule has 2 atom stereocenters. The van der Waals surface area contributed by atoms with Crippen molar-refractivity contribution in [3.63, 3.8) is 0 Å². The summed E-state index contributed by atoms with van der Waals surface area (Å²) in [5.41, 5.74) is 4.31. The van der Waals surface area contributed by atoms with Crippen molar-refractivity contribution >= 4 is 0 Å². The third kappa shape index (κ3) is 2.83. The first-order chi connectivity index (χ1) is 8.22. The van der Waals surface area contributed by atoms with E-state index in [-0.39, 0.29) is 18.0 Å². The van der Waals surface area contributed by atoms with Crippen LogP contribution in [0.5, 0.6) is 0 Å². The first-order valence-corrected chi connectivity index (χ1v) is 6.06. The van der Waals surface area contributed by atoms with Crippen molar-refractivity contribution in [2.24, 2.45) is 5.84 Å². The highest BCUT2D eigenvalue weighted by molar-refractivity contribution is 5.27. The number of hydrazine groups is 1. The second kappa shape index (κ2) is 5.58. The van der Waals surface area contributed by atoms with Crippen LogP contribution in [0, 0.1) is 12.7 Å². The van der Waals surface area contributed by atoms with Gasteiger partial charge in [0.25, 0.3) is 0 Å². The zero-order valence-corrected chi connectivity index (χ0v) is 10.1. The van der Waals surface area contributed by atoms with Crippen LogP contribution < -0.4 is 11.3 Å². The van der Waals surface area contributed by atoms with Gasteiger partial charge in [0.15, 0.2) is 0 Å². The average molecular weight is 238 g/mol. The van der Waals surface area contributed by atoms with Crippen molar-refractivity contribution in [2.75, 3.05) is 6.61 Å². The maximum atomic E-state index is 13.8. The topological polar surface area (TPSA) is 47.3 Å². The fourth-order valence-corrected chi connectivity index (χ4v) is 2.33. The quantitative estimate of drug-likeness (QED) is 0.627. The molecule has 3 nitrogen and oxygen atoms in total. The van der Waals surface area contributed by atoms with Gasteiger partial charge < -0.3 is 4.74 Å². The maximum absolute atomic E-state index is 13.8. The lowest BCUT2D eigenvalue weighted by Crippen LogP contribution is -2.40. The lowest BCUT2D eigenvalue weighted by molar-refractivity contribution is -0.00893. The van der Waals surface area contributed by atoms with Crippen molar-refractivity contribution in [3.05, 3.63) is 35.1 Å². The number of benzene rings is 1. The molecule has 0 amide bonds. The van der Waals surface area contributed by atoms with Gasteiger partial charge in [-0.1, -0.05) is 17.7 Å².